The van der Waals surface area contributed by atoms with E-state index in [9.17, 15) is 4.79 Å². The van der Waals surface area contributed by atoms with Crippen molar-refractivity contribution in [2.45, 2.75) is 52.1 Å². The number of benzene rings is 1. The summed E-state index contributed by atoms with van der Waals surface area (Å²) in [4.78, 5) is 18.1. The van der Waals surface area contributed by atoms with Crippen molar-refractivity contribution in [2.24, 2.45) is 5.73 Å². The molecule has 2 aromatic rings. The molecule has 0 spiro atoms. The number of carbonyl (C=O) groups excluding carboxylic acids is 1. The van der Waals surface area contributed by atoms with Gasteiger partial charge in [-0.2, -0.15) is 0 Å². The van der Waals surface area contributed by atoms with Crippen molar-refractivity contribution in [3.63, 3.8) is 0 Å². The zero-order valence-corrected chi connectivity index (χ0v) is 17.3. The molecule has 0 aliphatic heterocycles. The van der Waals surface area contributed by atoms with Crippen LogP contribution in [-0.2, 0) is 4.79 Å². The fraction of sp³-hybridized carbons (Fsp3) is 0.444. The molecule has 138 valence electrons. The first kappa shape index (κ1) is 21.9. The fourth-order valence-corrected chi connectivity index (χ4v) is 3.79. The van der Waals surface area contributed by atoms with E-state index in [-0.39, 0.29) is 24.4 Å². The van der Waals surface area contributed by atoms with Gasteiger partial charge in [0.05, 0.1) is 22.2 Å². The van der Waals surface area contributed by atoms with Gasteiger partial charge in [-0.3, -0.25) is 4.79 Å². The van der Waals surface area contributed by atoms with Crippen molar-refractivity contribution in [3.05, 3.63) is 39.9 Å². The van der Waals surface area contributed by atoms with Gasteiger partial charge in [-0.15, -0.1) is 23.7 Å². The minimum absolute atomic E-state index is 0. The largest absolute Gasteiger partial charge is 0.347 e. The molecule has 1 amide bonds. The van der Waals surface area contributed by atoms with Crippen molar-refractivity contribution in [3.8, 4) is 10.6 Å². The third kappa shape index (κ3) is 5.42. The lowest BCUT2D eigenvalue weighted by atomic mass is 9.96. The Morgan fingerprint density at radius 1 is 1.40 bits per heavy atom. The highest BCUT2D eigenvalue weighted by atomic mass is 35.5. The second-order valence-corrected chi connectivity index (χ2v) is 7.81. The number of halogens is 2. The molecule has 0 aliphatic carbocycles. The van der Waals surface area contributed by atoms with E-state index >= 15 is 0 Å². The number of aryl methyl sites for hydroxylation is 1. The van der Waals surface area contributed by atoms with Crippen LogP contribution < -0.4 is 11.1 Å². The lowest BCUT2D eigenvalue weighted by Crippen LogP contribution is -2.51. The average Bonchev–Trinajstić information content (AvgIpc) is 2.90. The highest BCUT2D eigenvalue weighted by Crippen LogP contribution is 2.32. The van der Waals surface area contributed by atoms with Gasteiger partial charge in [0.25, 0.3) is 0 Å². The smallest absolute Gasteiger partial charge is 0.240 e. The molecule has 1 heterocycles. The predicted octanol–water partition coefficient (Wildman–Crippen LogP) is 4.89. The van der Waals surface area contributed by atoms with E-state index < -0.39 is 5.54 Å². The topological polar surface area (TPSA) is 68.0 Å². The third-order valence-electron chi connectivity index (χ3n) is 3.95. The molecule has 1 aromatic carbocycles. The fourth-order valence-electron chi connectivity index (χ4n) is 2.59. The van der Waals surface area contributed by atoms with Crippen LogP contribution in [0.25, 0.3) is 10.6 Å². The van der Waals surface area contributed by atoms with Gasteiger partial charge in [-0.1, -0.05) is 37.1 Å². The van der Waals surface area contributed by atoms with Crippen LogP contribution in [0.3, 0.4) is 0 Å². The molecule has 4 nitrogen and oxygen atoms in total. The van der Waals surface area contributed by atoms with E-state index in [0.717, 1.165) is 27.6 Å². The van der Waals surface area contributed by atoms with Gasteiger partial charge in [0.2, 0.25) is 5.91 Å². The number of amides is 1. The Kier molecular flexibility index (Phi) is 7.88. The SMILES string of the molecule is CCCC(C)(N)C(=O)NC(C)c1sc(-c2ccc(Cl)cc2)nc1C.Cl. The first-order chi connectivity index (χ1) is 11.2. The number of aromatic nitrogens is 1. The van der Waals surface area contributed by atoms with E-state index in [2.05, 4.69) is 10.3 Å². The zero-order chi connectivity index (χ0) is 17.9. The van der Waals surface area contributed by atoms with Crippen molar-refractivity contribution in [1.29, 1.82) is 0 Å². The van der Waals surface area contributed by atoms with E-state index in [4.69, 9.17) is 17.3 Å². The van der Waals surface area contributed by atoms with Gasteiger partial charge in [-0.05, 0) is 39.3 Å². The van der Waals surface area contributed by atoms with Crippen molar-refractivity contribution in [2.75, 3.05) is 0 Å². The number of nitrogens with zero attached hydrogens (tertiary/aromatic N) is 1. The van der Waals surface area contributed by atoms with Crippen LogP contribution in [0, 0.1) is 6.92 Å². The number of thiazole rings is 1. The van der Waals surface area contributed by atoms with Gasteiger partial charge in [0.15, 0.2) is 0 Å². The number of carbonyl (C=O) groups is 1. The summed E-state index contributed by atoms with van der Waals surface area (Å²) in [5.41, 5.74) is 7.21. The van der Waals surface area contributed by atoms with Gasteiger partial charge < -0.3 is 11.1 Å². The Hall–Kier alpha value is -1.14. The molecule has 7 heteroatoms. The molecule has 1 aromatic heterocycles. The quantitative estimate of drug-likeness (QED) is 0.723. The maximum atomic E-state index is 12.4. The van der Waals surface area contributed by atoms with E-state index in [1.54, 1.807) is 18.3 Å². The highest BCUT2D eigenvalue weighted by Gasteiger charge is 2.29. The van der Waals surface area contributed by atoms with Crippen LogP contribution in [0.15, 0.2) is 24.3 Å². The van der Waals surface area contributed by atoms with Crippen molar-refractivity contribution >= 4 is 41.3 Å². The maximum absolute atomic E-state index is 12.4. The molecule has 25 heavy (non-hydrogen) atoms. The van der Waals surface area contributed by atoms with E-state index in [1.165, 1.54) is 0 Å². The standard InChI is InChI=1S/C18H24ClN3OS.ClH/c1-5-10-18(4,20)17(23)22-12(3)15-11(2)21-16(24-15)13-6-8-14(19)9-7-13;/h6-9,12H,5,10,20H2,1-4H3,(H,22,23);1H. The zero-order valence-electron chi connectivity index (χ0n) is 14.9. The Labute approximate surface area is 164 Å². The Balaban J connectivity index is 0.00000312. The summed E-state index contributed by atoms with van der Waals surface area (Å²) >= 11 is 7.52. The molecule has 0 saturated heterocycles. The summed E-state index contributed by atoms with van der Waals surface area (Å²) in [5, 5.41) is 4.64. The molecule has 3 N–H and O–H groups in total. The minimum atomic E-state index is -0.847. The predicted molar refractivity (Wildman–Crippen MR) is 109 cm³/mol. The lowest BCUT2D eigenvalue weighted by molar-refractivity contribution is -0.126. The summed E-state index contributed by atoms with van der Waals surface area (Å²) < 4.78 is 0. The molecule has 0 radical (unpaired) electrons. The van der Waals surface area contributed by atoms with Gasteiger partial charge in [0, 0.05) is 10.6 Å². The van der Waals surface area contributed by atoms with E-state index in [1.807, 2.05) is 45.0 Å². The number of nitrogens with one attached hydrogen (secondary N) is 1. The minimum Gasteiger partial charge on any atom is -0.347 e. The normalized spacial score (nSPS) is 14.3. The van der Waals surface area contributed by atoms with Crippen molar-refractivity contribution < 1.29 is 4.79 Å². The average molecular weight is 402 g/mol. The monoisotopic (exact) mass is 401 g/mol. The summed E-state index contributed by atoms with van der Waals surface area (Å²) in [6.07, 6.45) is 1.53. The molecule has 2 atom stereocenters. The molecule has 0 saturated carbocycles. The molecule has 2 rings (SSSR count). The molecule has 2 unspecified atom stereocenters. The Bertz CT molecular complexity index is 714. The maximum Gasteiger partial charge on any atom is 0.240 e. The Morgan fingerprint density at radius 3 is 2.56 bits per heavy atom. The molecule has 0 aliphatic rings. The Morgan fingerprint density at radius 2 is 2.00 bits per heavy atom. The number of hydrogen-bond acceptors (Lipinski definition) is 4. The highest BCUT2D eigenvalue weighted by molar-refractivity contribution is 7.15. The van der Waals surface area contributed by atoms with Crippen LogP contribution in [0.2, 0.25) is 5.02 Å². The van der Waals surface area contributed by atoms with Gasteiger partial charge in [0.1, 0.15) is 5.01 Å². The summed E-state index contributed by atoms with van der Waals surface area (Å²) in [7, 11) is 0. The van der Waals surface area contributed by atoms with Crippen LogP contribution in [0.1, 0.15) is 50.2 Å². The first-order valence-electron chi connectivity index (χ1n) is 8.07. The van der Waals surface area contributed by atoms with Gasteiger partial charge in [-0.25, -0.2) is 4.98 Å². The van der Waals surface area contributed by atoms with Crippen LogP contribution >= 0.6 is 35.3 Å². The number of rotatable bonds is 6. The third-order valence-corrected chi connectivity index (χ3v) is 5.59. The summed E-state index contributed by atoms with van der Waals surface area (Å²) in [6, 6.07) is 7.47. The van der Waals surface area contributed by atoms with Crippen LogP contribution in [-0.4, -0.2) is 16.4 Å². The number of nitrogens with two attached hydrogens (primary N) is 1. The molecule has 0 bridgehead atoms. The molecular formula is C18H25Cl2N3OS. The van der Waals surface area contributed by atoms with Crippen LogP contribution in [0.4, 0.5) is 0 Å². The summed E-state index contributed by atoms with van der Waals surface area (Å²) in [5.74, 6) is -0.127. The lowest BCUT2D eigenvalue weighted by Gasteiger charge is -2.25. The molecular weight excluding hydrogens is 377 g/mol. The molecule has 0 fully saturated rings. The van der Waals surface area contributed by atoms with E-state index in [0.29, 0.717) is 11.4 Å². The number of hydrogen-bond donors (Lipinski definition) is 2. The second-order valence-electron chi connectivity index (χ2n) is 6.34. The van der Waals surface area contributed by atoms with Crippen LogP contribution in [0.5, 0.6) is 0 Å². The second kappa shape index (κ2) is 8.99. The first-order valence-corrected chi connectivity index (χ1v) is 9.27. The van der Waals surface area contributed by atoms with Crippen molar-refractivity contribution in [1.82, 2.24) is 10.3 Å². The van der Waals surface area contributed by atoms with Gasteiger partial charge >= 0.3 is 0 Å². The summed E-state index contributed by atoms with van der Waals surface area (Å²) in [6.45, 7) is 7.72.